The van der Waals surface area contributed by atoms with Gasteiger partial charge in [-0.2, -0.15) is 0 Å². The molecule has 0 spiro atoms. The molecule has 0 aromatic heterocycles. The summed E-state index contributed by atoms with van der Waals surface area (Å²) in [5.74, 6) is -2.80. The van der Waals surface area contributed by atoms with E-state index >= 15 is 0 Å². The van der Waals surface area contributed by atoms with Crippen LogP contribution in [0.3, 0.4) is 0 Å². The average molecular weight is 420 g/mol. The summed E-state index contributed by atoms with van der Waals surface area (Å²) in [6, 6.07) is 7.89. The molecule has 0 bridgehead atoms. The third-order valence-corrected chi connectivity index (χ3v) is 4.85. The summed E-state index contributed by atoms with van der Waals surface area (Å²) in [6.45, 7) is 2.97. The van der Waals surface area contributed by atoms with E-state index in [0.717, 1.165) is 5.56 Å². The molecule has 1 N–H and O–H groups in total. The molecule has 1 aliphatic rings. The van der Waals surface area contributed by atoms with Crippen LogP contribution in [0, 0.1) is 0 Å². The number of nitrogens with zero attached hydrogens (tertiary/aromatic N) is 1. The van der Waals surface area contributed by atoms with Crippen LogP contribution in [0.2, 0.25) is 0 Å². The summed E-state index contributed by atoms with van der Waals surface area (Å²) in [5.41, 5.74) is 0.0452. The highest BCUT2D eigenvalue weighted by Gasteiger charge is 2.31. The van der Waals surface area contributed by atoms with Gasteiger partial charge in [0.1, 0.15) is 12.6 Å². The molecule has 1 aromatic carbocycles. The normalized spacial score (nSPS) is 17.2. The van der Waals surface area contributed by atoms with Crippen molar-refractivity contribution in [3.05, 3.63) is 47.5 Å². The van der Waals surface area contributed by atoms with Gasteiger partial charge in [0.15, 0.2) is 5.44 Å². The predicted octanol–water partition coefficient (Wildman–Crippen LogP) is 1.25. The van der Waals surface area contributed by atoms with Crippen molar-refractivity contribution in [2.24, 2.45) is 0 Å². The maximum Gasteiger partial charge on any atom is 0.377 e. The van der Waals surface area contributed by atoms with E-state index in [1.54, 1.807) is 43.5 Å². The molecule has 1 aliphatic heterocycles. The minimum atomic E-state index is -1.10. The first-order chi connectivity index (χ1) is 13.8. The van der Waals surface area contributed by atoms with Crippen LogP contribution < -0.4 is 5.32 Å². The largest absolute Gasteiger partial charge is 0.457 e. The van der Waals surface area contributed by atoms with Crippen LogP contribution in [-0.2, 0) is 35.1 Å². The Kier molecular flexibility index (Phi) is 8.41. The van der Waals surface area contributed by atoms with E-state index in [9.17, 15) is 19.2 Å². The van der Waals surface area contributed by atoms with Crippen LogP contribution in [0.4, 0.5) is 0 Å². The number of rotatable bonds is 9. The molecule has 156 valence electrons. The highest BCUT2D eigenvalue weighted by molar-refractivity contribution is 8.03. The van der Waals surface area contributed by atoms with E-state index < -0.39 is 35.2 Å². The zero-order valence-corrected chi connectivity index (χ0v) is 17.3. The number of hydrogen-bond donors (Lipinski definition) is 1. The lowest BCUT2D eigenvalue weighted by Gasteiger charge is -2.26. The number of ketones is 1. The number of esters is 1. The van der Waals surface area contributed by atoms with Crippen LogP contribution in [0.5, 0.6) is 0 Å². The maximum absolute atomic E-state index is 12.6. The molecule has 1 heterocycles. The number of Topliss-reactive ketones (excluding diaryl/α,β-unsaturated/α-hetero) is 1. The number of ether oxygens (including phenoxy) is 2. The summed E-state index contributed by atoms with van der Waals surface area (Å²) >= 11 is 1.19. The van der Waals surface area contributed by atoms with Gasteiger partial charge in [0.25, 0.3) is 11.7 Å². The number of methoxy groups -OCH3 is 1. The number of benzene rings is 1. The van der Waals surface area contributed by atoms with Gasteiger partial charge in [-0.3, -0.25) is 14.4 Å². The SMILES string of the molecule is COC1SC=CN(CC(=O)N[C@@H](Cc2ccccc2)C(=O)C(=O)OC(C)C)C1=O. The van der Waals surface area contributed by atoms with Crippen molar-refractivity contribution in [2.45, 2.75) is 37.9 Å². The van der Waals surface area contributed by atoms with E-state index in [1.807, 2.05) is 6.07 Å². The zero-order chi connectivity index (χ0) is 21.4. The van der Waals surface area contributed by atoms with Crippen molar-refractivity contribution >= 4 is 35.3 Å². The molecule has 1 unspecified atom stereocenters. The van der Waals surface area contributed by atoms with Gasteiger partial charge in [0, 0.05) is 19.7 Å². The van der Waals surface area contributed by atoms with Gasteiger partial charge in [-0.25, -0.2) is 4.79 Å². The molecule has 0 fully saturated rings. The Labute approximate surface area is 173 Å². The van der Waals surface area contributed by atoms with Crippen molar-refractivity contribution in [1.29, 1.82) is 0 Å². The molecule has 0 aliphatic carbocycles. The van der Waals surface area contributed by atoms with Gasteiger partial charge >= 0.3 is 5.97 Å². The fourth-order valence-electron chi connectivity index (χ4n) is 2.60. The third-order valence-electron chi connectivity index (χ3n) is 3.93. The second kappa shape index (κ2) is 10.8. The van der Waals surface area contributed by atoms with Crippen LogP contribution in [0.15, 0.2) is 41.9 Å². The topological polar surface area (TPSA) is 102 Å². The second-order valence-corrected chi connectivity index (χ2v) is 7.56. The van der Waals surface area contributed by atoms with E-state index in [1.165, 1.54) is 30.0 Å². The van der Waals surface area contributed by atoms with Crippen molar-refractivity contribution in [3.8, 4) is 0 Å². The first-order valence-corrected chi connectivity index (χ1v) is 9.99. The van der Waals surface area contributed by atoms with Crippen LogP contribution >= 0.6 is 11.8 Å². The highest BCUT2D eigenvalue weighted by Crippen LogP contribution is 2.21. The van der Waals surface area contributed by atoms with Crippen molar-refractivity contribution in [1.82, 2.24) is 10.2 Å². The Morgan fingerprint density at radius 2 is 1.90 bits per heavy atom. The Morgan fingerprint density at radius 3 is 2.52 bits per heavy atom. The molecule has 9 heteroatoms. The van der Waals surface area contributed by atoms with Crippen molar-refractivity contribution < 1.29 is 28.7 Å². The minimum Gasteiger partial charge on any atom is -0.457 e. The molecular formula is C20H24N2O6S. The van der Waals surface area contributed by atoms with Gasteiger partial charge in [-0.05, 0) is 24.8 Å². The van der Waals surface area contributed by atoms with E-state index in [2.05, 4.69) is 5.32 Å². The van der Waals surface area contributed by atoms with Gasteiger partial charge in [-0.1, -0.05) is 42.1 Å². The monoisotopic (exact) mass is 420 g/mol. The lowest BCUT2D eigenvalue weighted by Crippen LogP contribution is -2.50. The summed E-state index contributed by atoms with van der Waals surface area (Å²) in [7, 11) is 1.40. The predicted molar refractivity (Wildman–Crippen MR) is 108 cm³/mol. The average Bonchev–Trinajstić information content (AvgIpc) is 2.68. The third kappa shape index (κ3) is 6.72. The first-order valence-electron chi connectivity index (χ1n) is 9.05. The number of thioether (sulfide) groups is 1. The molecule has 0 saturated carbocycles. The zero-order valence-electron chi connectivity index (χ0n) is 16.5. The van der Waals surface area contributed by atoms with Crippen LogP contribution in [0.25, 0.3) is 0 Å². The molecule has 0 saturated heterocycles. The van der Waals surface area contributed by atoms with Gasteiger partial charge < -0.3 is 19.7 Å². The first kappa shape index (κ1) is 22.6. The Bertz CT molecular complexity index is 780. The van der Waals surface area contributed by atoms with Gasteiger partial charge in [0.2, 0.25) is 5.91 Å². The number of hydrogen-bond acceptors (Lipinski definition) is 7. The lowest BCUT2D eigenvalue weighted by atomic mass is 10.0. The molecule has 2 rings (SSSR count). The minimum absolute atomic E-state index is 0.124. The molecule has 2 atom stereocenters. The molecule has 0 radical (unpaired) electrons. The van der Waals surface area contributed by atoms with E-state index in [-0.39, 0.29) is 18.9 Å². The van der Waals surface area contributed by atoms with E-state index in [4.69, 9.17) is 9.47 Å². The Balaban J connectivity index is 2.09. The summed E-state index contributed by atoms with van der Waals surface area (Å²) < 4.78 is 10.0. The summed E-state index contributed by atoms with van der Waals surface area (Å²) in [5, 5.41) is 4.20. The molecular weight excluding hydrogens is 396 g/mol. The summed E-state index contributed by atoms with van der Waals surface area (Å²) in [6.07, 6.45) is 1.14. The van der Waals surface area contributed by atoms with Crippen molar-refractivity contribution in [2.75, 3.05) is 13.7 Å². The highest BCUT2D eigenvalue weighted by atomic mass is 32.2. The summed E-state index contributed by atoms with van der Waals surface area (Å²) in [4.78, 5) is 50.6. The lowest BCUT2D eigenvalue weighted by molar-refractivity contribution is -0.157. The fraction of sp³-hybridized carbons (Fsp3) is 0.400. The molecule has 8 nitrogen and oxygen atoms in total. The molecule has 29 heavy (non-hydrogen) atoms. The van der Waals surface area contributed by atoms with Crippen LogP contribution in [-0.4, -0.2) is 59.7 Å². The van der Waals surface area contributed by atoms with E-state index in [0.29, 0.717) is 0 Å². The van der Waals surface area contributed by atoms with Crippen molar-refractivity contribution in [3.63, 3.8) is 0 Å². The Hall–Kier alpha value is -2.65. The van der Waals surface area contributed by atoms with Gasteiger partial charge in [0.05, 0.1) is 6.10 Å². The number of carbonyl (C=O) groups is 4. The second-order valence-electron chi connectivity index (χ2n) is 6.58. The Morgan fingerprint density at radius 1 is 1.21 bits per heavy atom. The van der Waals surface area contributed by atoms with Gasteiger partial charge in [-0.15, -0.1) is 0 Å². The number of carbonyl (C=O) groups excluding carboxylic acids is 4. The smallest absolute Gasteiger partial charge is 0.377 e. The number of nitrogens with one attached hydrogen (secondary N) is 1. The quantitative estimate of drug-likeness (QED) is 0.474. The number of amides is 2. The maximum atomic E-state index is 12.6. The molecule has 2 amide bonds. The standard InChI is InChI=1S/C20H24N2O6S/c1-13(2)28-19(26)17(24)15(11-14-7-5-4-6-8-14)21-16(23)12-22-9-10-29-20(27-3)18(22)25/h4-10,13,15,20H,11-12H2,1-3H3,(H,21,23)/t15-,20?/m0/s1. The fourth-order valence-corrected chi connectivity index (χ4v) is 3.33. The van der Waals surface area contributed by atoms with Crippen LogP contribution in [0.1, 0.15) is 19.4 Å². The molecule has 1 aromatic rings.